The number of anilines is 1. The molecule has 0 aliphatic heterocycles. The Morgan fingerprint density at radius 3 is 2.09 bits per heavy atom. The minimum Gasteiger partial charge on any atom is -0.309 e. The van der Waals surface area contributed by atoms with Gasteiger partial charge < -0.3 is 4.90 Å². The molecule has 1 aliphatic rings. The SMILES string of the molecule is CC1CCC(N(C(=O)Cc2ccccc2)c2ccccc2)CC1. The number of para-hydroxylation sites is 1. The van der Waals surface area contributed by atoms with Gasteiger partial charge in [-0.2, -0.15) is 0 Å². The summed E-state index contributed by atoms with van der Waals surface area (Å²) in [7, 11) is 0. The second-order valence-corrected chi connectivity index (χ2v) is 6.68. The molecule has 2 heteroatoms. The first-order valence-electron chi connectivity index (χ1n) is 8.65. The van der Waals surface area contributed by atoms with Crippen LogP contribution in [0.15, 0.2) is 60.7 Å². The van der Waals surface area contributed by atoms with Crippen LogP contribution in [0.4, 0.5) is 5.69 Å². The van der Waals surface area contributed by atoms with Crippen LogP contribution in [0.25, 0.3) is 0 Å². The van der Waals surface area contributed by atoms with Gasteiger partial charge in [-0.3, -0.25) is 4.79 Å². The van der Waals surface area contributed by atoms with Crippen LogP contribution in [-0.2, 0) is 11.2 Å². The van der Waals surface area contributed by atoms with Crippen LogP contribution < -0.4 is 4.90 Å². The van der Waals surface area contributed by atoms with E-state index in [4.69, 9.17) is 0 Å². The van der Waals surface area contributed by atoms with Gasteiger partial charge in [-0.05, 0) is 49.3 Å². The van der Waals surface area contributed by atoms with E-state index in [1.54, 1.807) is 0 Å². The number of amides is 1. The standard InChI is InChI=1S/C21H25NO/c1-17-12-14-20(15-13-17)22(19-10-6-3-7-11-19)21(23)16-18-8-4-2-5-9-18/h2-11,17,20H,12-16H2,1H3. The maximum absolute atomic E-state index is 13.0. The van der Waals surface area contributed by atoms with Crippen molar-refractivity contribution in [2.75, 3.05) is 4.90 Å². The van der Waals surface area contributed by atoms with E-state index in [1.807, 2.05) is 48.5 Å². The number of hydrogen-bond donors (Lipinski definition) is 0. The molecule has 2 aromatic rings. The Hall–Kier alpha value is -2.09. The highest BCUT2D eigenvalue weighted by Crippen LogP contribution is 2.30. The zero-order chi connectivity index (χ0) is 16.1. The highest BCUT2D eigenvalue weighted by atomic mass is 16.2. The van der Waals surface area contributed by atoms with Crippen molar-refractivity contribution in [1.29, 1.82) is 0 Å². The Morgan fingerprint density at radius 1 is 0.913 bits per heavy atom. The molecule has 0 bridgehead atoms. The normalized spacial score (nSPS) is 20.9. The van der Waals surface area contributed by atoms with E-state index in [0.717, 1.165) is 30.0 Å². The molecule has 1 aliphatic carbocycles. The summed E-state index contributed by atoms with van der Waals surface area (Å²) in [6, 6.07) is 20.5. The monoisotopic (exact) mass is 307 g/mol. The zero-order valence-electron chi connectivity index (χ0n) is 13.8. The van der Waals surface area contributed by atoms with Crippen molar-refractivity contribution in [2.45, 2.75) is 45.1 Å². The van der Waals surface area contributed by atoms with Crippen LogP contribution >= 0.6 is 0 Å². The molecule has 0 heterocycles. The third-order valence-electron chi connectivity index (χ3n) is 4.85. The van der Waals surface area contributed by atoms with Crippen molar-refractivity contribution in [3.05, 3.63) is 66.2 Å². The molecular weight excluding hydrogens is 282 g/mol. The van der Waals surface area contributed by atoms with Gasteiger partial charge in [0, 0.05) is 11.7 Å². The molecule has 1 amide bonds. The molecule has 0 unspecified atom stereocenters. The van der Waals surface area contributed by atoms with Gasteiger partial charge in [0.05, 0.1) is 6.42 Å². The predicted octanol–water partition coefficient (Wildman–Crippen LogP) is 4.84. The molecule has 2 aromatic carbocycles. The quantitative estimate of drug-likeness (QED) is 0.791. The van der Waals surface area contributed by atoms with E-state index < -0.39 is 0 Å². The Labute approximate surface area is 139 Å². The third-order valence-corrected chi connectivity index (χ3v) is 4.85. The van der Waals surface area contributed by atoms with E-state index in [1.165, 1.54) is 12.8 Å². The van der Waals surface area contributed by atoms with E-state index >= 15 is 0 Å². The summed E-state index contributed by atoms with van der Waals surface area (Å²) in [5, 5.41) is 0. The first kappa shape index (κ1) is 15.8. The van der Waals surface area contributed by atoms with E-state index in [9.17, 15) is 4.79 Å². The number of carbonyl (C=O) groups excluding carboxylic acids is 1. The van der Waals surface area contributed by atoms with Gasteiger partial charge in [0.2, 0.25) is 5.91 Å². The van der Waals surface area contributed by atoms with E-state index in [2.05, 4.69) is 24.0 Å². The molecule has 0 spiro atoms. The topological polar surface area (TPSA) is 20.3 Å². The average Bonchev–Trinajstić information content (AvgIpc) is 2.59. The molecule has 0 N–H and O–H groups in total. The molecule has 1 saturated carbocycles. The maximum atomic E-state index is 13.0. The second kappa shape index (κ2) is 7.45. The summed E-state index contributed by atoms with van der Waals surface area (Å²) in [5.41, 5.74) is 2.12. The van der Waals surface area contributed by atoms with Gasteiger partial charge in [-0.1, -0.05) is 55.5 Å². The van der Waals surface area contributed by atoms with Crippen LogP contribution in [0.5, 0.6) is 0 Å². The molecule has 0 aromatic heterocycles. The minimum absolute atomic E-state index is 0.210. The molecule has 1 fully saturated rings. The second-order valence-electron chi connectivity index (χ2n) is 6.68. The number of rotatable bonds is 4. The van der Waals surface area contributed by atoms with Crippen LogP contribution in [0, 0.1) is 5.92 Å². The number of nitrogens with zero attached hydrogens (tertiary/aromatic N) is 1. The van der Waals surface area contributed by atoms with Crippen LogP contribution in [0.2, 0.25) is 0 Å². The van der Waals surface area contributed by atoms with Crippen molar-refractivity contribution in [3.63, 3.8) is 0 Å². The highest BCUT2D eigenvalue weighted by molar-refractivity contribution is 5.95. The smallest absolute Gasteiger partial charge is 0.231 e. The summed E-state index contributed by atoms with van der Waals surface area (Å²) < 4.78 is 0. The summed E-state index contributed by atoms with van der Waals surface area (Å²) in [5.74, 6) is 0.995. The van der Waals surface area contributed by atoms with E-state index in [0.29, 0.717) is 12.5 Å². The number of carbonyl (C=O) groups is 1. The summed E-state index contributed by atoms with van der Waals surface area (Å²) in [4.78, 5) is 15.1. The van der Waals surface area contributed by atoms with Gasteiger partial charge in [-0.25, -0.2) is 0 Å². The van der Waals surface area contributed by atoms with Gasteiger partial charge in [0.25, 0.3) is 0 Å². The number of hydrogen-bond acceptors (Lipinski definition) is 1. The molecule has 0 radical (unpaired) electrons. The molecule has 2 nitrogen and oxygen atoms in total. The maximum Gasteiger partial charge on any atom is 0.231 e. The van der Waals surface area contributed by atoms with Gasteiger partial charge in [0.15, 0.2) is 0 Å². The van der Waals surface area contributed by atoms with Crippen molar-refractivity contribution in [3.8, 4) is 0 Å². The van der Waals surface area contributed by atoms with Gasteiger partial charge >= 0.3 is 0 Å². The summed E-state index contributed by atoms with van der Waals surface area (Å²) >= 11 is 0. The van der Waals surface area contributed by atoms with Crippen molar-refractivity contribution in [2.24, 2.45) is 5.92 Å². The largest absolute Gasteiger partial charge is 0.309 e. The minimum atomic E-state index is 0.210. The molecular formula is C21H25NO. The van der Waals surface area contributed by atoms with Crippen molar-refractivity contribution >= 4 is 11.6 Å². The molecule has 0 atom stereocenters. The fourth-order valence-corrected chi connectivity index (χ4v) is 3.50. The van der Waals surface area contributed by atoms with Gasteiger partial charge in [0.1, 0.15) is 0 Å². The average molecular weight is 307 g/mol. The molecule has 120 valence electrons. The van der Waals surface area contributed by atoms with Crippen LogP contribution in [-0.4, -0.2) is 11.9 Å². The van der Waals surface area contributed by atoms with Gasteiger partial charge in [-0.15, -0.1) is 0 Å². The first-order valence-corrected chi connectivity index (χ1v) is 8.65. The molecule has 3 rings (SSSR count). The Kier molecular flexibility index (Phi) is 5.12. The molecule has 23 heavy (non-hydrogen) atoms. The van der Waals surface area contributed by atoms with Crippen LogP contribution in [0.1, 0.15) is 38.2 Å². The fraction of sp³-hybridized carbons (Fsp3) is 0.381. The fourth-order valence-electron chi connectivity index (χ4n) is 3.50. The Balaban J connectivity index is 1.81. The predicted molar refractivity (Wildman–Crippen MR) is 95.5 cm³/mol. The number of benzene rings is 2. The lowest BCUT2D eigenvalue weighted by Crippen LogP contribution is -2.43. The van der Waals surface area contributed by atoms with Crippen LogP contribution in [0.3, 0.4) is 0 Å². The summed E-state index contributed by atoms with van der Waals surface area (Å²) in [6.45, 7) is 2.31. The lowest BCUT2D eigenvalue weighted by atomic mass is 9.86. The lowest BCUT2D eigenvalue weighted by Gasteiger charge is -2.36. The molecule has 0 saturated heterocycles. The summed E-state index contributed by atoms with van der Waals surface area (Å²) in [6.07, 6.45) is 5.12. The third kappa shape index (κ3) is 4.01. The van der Waals surface area contributed by atoms with E-state index in [-0.39, 0.29) is 5.91 Å². The van der Waals surface area contributed by atoms with Crippen molar-refractivity contribution < 1.29 is 4.79 Å². The first-order chi connectivity index (χ1) is 11.2. The lowest BCUT2D eigenvalue weighted by molar-refractivity contribution is -0.118. The van der Waals surface area contributed by atoms with Crippen molar-refractivity contribution in [1.82, 2.24) is 0 Å². The Morgan fingerprint density at radius 2 is 1.48 bits per heavy atom. The Bertz CT molecular complexity index is 615. The zero-order valence-corrected chi connectivity index (χ0v) is 13.8. The highest BCUT2D eigenvalue weighted by Gasteiger charge is 2.28.